The molecular weight excluding hydrogens is 210 g/mol. The van der Waals surface area contributed by atoms with Crippen LogP contribution in [0.4, 0.5) is 0 Å². The van der Waals surface area contributed by atoms with Gasteiger partial charge in [0.15, 0.2) is 0 Å². The highest BCUT2D eigenvalue weighted by Gasteiger charge is 2.23. The van der Waals surface area contributed by atoms with Gasteiger partial charge in [-0.05, 0) is 5.92 Å². The van der Waals surface area contributed by atoms with Crippen LogP contribution in [0.3, 0.4) is 0 Å². The lowest BCUT2D eigenvalue weighted by Crippen LogP contribution is -2.45. The van der Waals surface area contributed by atoms with E-state index >= 15 is 0 Å². The Labute approximate surface area is 94.5 Å². The van der Waals surface area contributed by atoms with Crippen LogP contribution >= 0.6 is 0 Å². The molecule has 1 aliphatic rings. The molecule has 3 nitrogen and oxygen atoms in total. The van der Waals surface area contributed by atoms with Crippen molar-refractivity contribution in [2.45, 2.75) is 27.2 Å². The van der Waals surface area contributed by atoms with Crippen LogP contribution in [-0.2, 0) is 15.6 Å². The van der Waals surface area contributed by atoms with Gasteiger partial charge in [0.25, 0.3) is 0 Å². The molecule has 1 saturated heterocycles. The molecule has 0 aliphatic carbocycles. The molecule has 0 spiro atoms. The highest BCUT2D eigenvalue weighted by atomic mass is 32.2. The maximum Gasteiger partial charge on any atom is 0.139 e. The summed E-state index contributed by atoms with van der Waals surface area (Å²) in [5.41, 5.74) is -0.289. The Morgan fingerprint density at radius 2 is 2.00 bits per heavy atom. The molecule has 1 unspecified atom stereocenters. The van der Waals surface area contributed by atoms with Crippen LogP contribution in [0.2, 0.25) is 0 Å². The van der Waals surface area contributed by atoms with Crippen LogP contribution in [-0.4, -0.2) is 34.6 Å². The van der Waals surface area contributed by atoms with E-state index < -0.39 is 10.8 Å². The van der Waals surface area contributed by atoms with Crippen molar-refractivity contribution < 1.29 is 9.00 Å². The lowest BCUT2D eigenvalue weighted by Gasteiger charge is -2.26. The van der Waals surface area contributed by atoms with Crippen LogP contribution in [0.25, 0.3) is 0 Å². The largest absolute Gasteiger partial charge is 0.316 e. The van der Waals surface area contributed by atoms with Gasteiger partial charge in [-0.15, -0.1) is 0 Å². The molecule has 1 N–H and O–H groups in total. The summed E-state index contributed by atoms with van der Waals surface area (Å²) >= 11 is 0. The third-order valence-electron chi connectivity index (χ3n) is 2.68. The van der Waals surface area contributed by atoms with Crippen molar-refractivity contribution in [3.8, 4) is 0 Å². The molecule has 1 aliphatic heterocycles. The fraction of sp³-hybridized carbons (Fsp3) is 0.909. The number of carbonyl (C=O) groups excluding carboxylic acids is 1. The molecule has 0 aromatic rings. The summed E-state index contributed by atoms with van der Waals surface area (Å²) in [7, 11) is -0.815. The fourth-order valence-electron chi connectivity index (χ4n) is 1.39. The molecule has 0 saturated carbocycles. The number of rotatable bonds is 5. The van der Waals surface area contributed by atoms with Gasteiger partial charge in [-0.1, -0.05) is 20.8 Å². The van der Waals surface area contributed by atoms with Crippen LogP contribution in [0.15, 0.2) is 0 Å². The van der Waals surface area contributed by atoms with E-state index in [9.17, 15) is 9.00 Å². The predicted octanol–water partition coefficient (Wildman–Crippen LogP) is 0.960. The fourth-order valence-corrected chi connectivity index (χ4v) is 2.74. The van der Waals surface area contributed by atoms with E-state index in [1.807, 2.05) is 20.8 Å². The van der Waals surface area contributed by atoms with Crippen LogP contribution in [0, 0.1) is 11.3 Å². The standard InChI is InChI=1S/C11H21NO2S/c1-11(2,3)10(13)4-5-15(14)8-9-6-12-7-9/h9,12H,4-8H2,1-3H3. The molecule has 0 bridgehead atoms. The molecule has 1 atom stereocenters. The van der Waals surface area contributed by atoms with Crippen molar-refractivity contribution in [2.24, 2.45) is 11.3 Å². The second-order valence-electron chi connectivity index (χ2n) is 5.26. The topological polar surface area (TPSA) is 46.2 Å². The Morgan fingerprint density at radius 1 is 1.40 bits per heavy atom. The van der Waals surface area contributed by atoms with E-state index in [4.69, 9.17) is 0 Å². The zero-order valence-electron chi connectivity index (χ0n) is 9.84. The summed E-state index contributed by atoms with van der Waals surface area (Å²) in [6, 6.07) is 0. The summed E-state index contributed by atoms with van der Waals surface area (Å²) in [4.78, 5) is 11.6. The van der Waals surface area contributed by atoms with E-state index in [-0.39, 0.29) is 11.2 Å². The van der Waals surface area contributed by atoms with Gasteiger partial charge in [0.1, 0.15) is 5.78 Å². The average Bonchev–Trinajstić information content (AvgIpc) is 2.05. The first-order chi connectivity index (χ1) is 6.89. The monoisotopic (exact) mass is 231 g/mol. The van der Waals surface area contributed by atoms with E-state index in [1.165, 1.54) is 0 Å². The van der Waals surface area contributed by atoms with Crippen molar-refractivity contribution in [2.75, 3.05) is 24.6 Å². The smallest absolute Gasteiger partial charge is 0.139 e. The molecule has 1 rings (SSSR count). The summed E-state index contributed by atoms with van der Waals surface area (Å²) in [6.07, 6.45) is 0.455. The second-order valence-corrected chi connectivity index (χ2v) is 6.88. The lowest BCUT2D eigenvalue weighted by atomic mass is 9.89. The van der Waals surface area contributed by atoms with Crippen LogP contribution < -0.4 is 5.32 Å². The van der Waals surface area contributed by atoms with Crippen molar-refractivity contribution in [3.05, 3.63) is 0 Å². The number of hydrogen-bond donors (Lipinski definition) is 1. The average molecular weight is 231 g/mol. The van der Waals surface area contributed by atoms with Crippen LogP contribution in [0.5, 0.6) is 0 Å². The highest BCUT2D eigenvalue weighted by molar-refractivity contribution is 7.85. The molecule has 15 heavy (non-hydrogen) atoms. The van der Waals surface area contributed by atoms with Crippen LogP contribution in [0.1, 0.15) is 27.2 Å². The van der Waals surface area contributed by atoms with Crippen molar-refractivity contribution in [1.29, 1.82) is 0 Å². The van der Waals surface area contributed by atoms with Crippen molar-refractivity contribution in [1.82, 2.24) is 5.32 Å². The first kappa shape index (κ1) is 12.8. The number of carbonyl (C=O) groups is 1. The molecule has 0 aromatic heterocycles. The third kappa shape index (κ3) is 4.43. The SMILES string of the molecule is CC(C)(C)C(=O)CCS(=O)CC1CNC1. The number of nitrogens with one attached hydrogen (secondary N) is 1. The Kier molecular flexibility index (Phi) is 4.46. The Bertz CT molecular complexity index is 254. The van der Waals surface area contributed by atoms with E-state index in [0.717, 1.165) is 18.8 Å². The predicted molar refractivity (Wildman–Crippen MR) is 63.3 cm³/mol. The molecule has 88 valence electrons. The minimum absolute atomic E-state index is 0.211. The molecular formula is C11H21NO2S. The summed E-state index contributed by atoms with van der Waals surface area (Å²) in [6.45, 7) is 7.70. The number of hydrogen-bond acceptors (Lipinski definition) is 3. The Hall–Kier alpha value is -0.220. The minimum atomic E-state index is -0.815. The van der Waals surface area contributed by atoms with E-state index in [2.05, 4.69) is 5.32 Å². The molecule has 0 radical (unpaired) electrons. The summed E-state index contributed by atoms with van der Waals surface area (Å²) in [5.74, 6) is 2.06. The summed E-state index contributed by atoms with van der Waals surface area (Å²) < 4.78 is 11.6. The Balaban J connectivity index is 2.18. The molecule has 0 aromatic carbocycles. The first-order valence-corrected chi connectivity index (χ1v) is 6.97. The first-order valence-electron chi connectivity index (χ1n) is 5.48. The second kappa shape index (κ2) is 5.21. The highest BCUT2D eigenvalue weighted by Crippen LogP contribution is 2.17. The molecule has 4 heteroatoms. The number of Topliss-reactive ketones (excluding diaryl/α,β-unsaturated/α-hetero) is 1. The summed E-state index contributed by atoms with van der Waals surface area (Å²) in [5, 5.41) is 3.15. The van der Waals surface area contributed by atoms with Gasteiger partial charge in [0.05, 0.1) is 0 Å². The lowest BCUT2D eigenvalue weighted by molar-refractivity contribution is -0.125. The third-order valence-corrected chi connectivity index (χ3v) is 4.18. The quantitative estimate of drug-likeness (QED) is 0.766. The molecule has 1 heterocycles. The maximum atomic E-state index is 11.6. The Morgan fingerprint density at radius 3 is 2.40 bits per heavy atom. The normalized spacial score (nSPS) is 19.7. The van der Waals surface area contributed by atoms with Gasteiger partial charge < -0.3 is 5.32 Å². The van der Waals surface area contributed by atoms with Crippen molar-refractivity contribution in [3.63, 3.8) is 0 Å². The van der Waals surface area contributed by atoms with Gasteiger partial charge in [-0.25, -0.2) is 0 Å². The number of ketones is 1. The van der Waals surface area contributed by atoms with E-state index in [1.54, 1.807) is 0 Å². The maximum absolute atomic E-state index is 11.6. The van der Waals surface area contributed by atoms with Gasteiger partial charge in [0.2, 0.25) is 0 Å². The van der Waals surface area contributed by atoms with Gasteiger partial charge in [-0.2, -0.15) is 0 Å². The van der Waals surface area contributed by atoms with E-state index in [0.29, 0.717) is 18.1 Å². The van der Waals surface area contributed by atoms with Gasteiger partial charge in [0, 0.05) is 47.2 Å². The zero-order chi connectivity index (χ0) is 11.5. The zero-order valence-corrected chi connectivity index (χ0v) is 10.7. The van der Waals surface area contributed by atoms with Gasteiger partial charge in [-0.3, -0.25) is 9.00 Å². The molecule has 0 amide bonds. The van der Waals surface area contributed by atoms with Crippen molar-refractivity contribution >= 4 is 16.6 Å². The van der Waals surface area contributed by atoms with Gasteiger partial charge >= 0.3 is 0 Å². The minimum Gasteiger partial charge on any atom is -0.316 e. The molecule has 1 fully saturated rings.